The molecule has 5 heteroatoms. The van der Waals surface area contributed by atoms with E-state index in [9.17, 15) is 9.59 Å². The predicted molar refractivity (Wildman–Crippen MR) is 79.7 cm³/mol. The van der Waals surface area contributed by atoms with Gasteiger partial charge in [0, 0.05) is 11.3 Å². The Kier molecular flexibility index (Phi) is 4.23. The number of Topliss-reactive ketones (excluding diaryl/α,β-unsaturated/α-hetero) is 1. The third-order valence-corrected chi connectivity index (χ3v) is 3.02. The van der Waals surface area contributed by atoms with Gasteiger partial charge in [0.2, 0.25) is 0 Å². The molecule has 0 amide bonds. The molecule has 0 unspecified atom stereocenters. The summed E-state index contributed by atoms with van der Waals surface area (Å²) in [5.41, 5.74) is 1.76. The third-order valence-electron chi connectivity index (χ3n) is 3.02. The van der Waals surface area contributed by atoms with Gasteiger partial charge in [0.1, 0.15) is 5.75 Å². The molecule has 0 atom stereocenters. The highest BCUT2D eigenvalue weighted by molar-refractivity contribution is 6.00. The van der Waals surface area contributed by atoms with Gasteiger partial charge in [-0.15, -0.1) is 0 Å². The van der Waals surface area contributed by atoms with Crippen LogP contribution in [0.2, 0.25) is 0 Å². The average Bonchev–Trinajstić information content (AvgIpc) is 2.47. The molecular weight excluding hydrogens is 270 g/mol. The number of nitrogens with one attached hydrogen (secondary N) is 1. The normalized spacial score (nSPS) is 10.0. The number of anilines is 2. The molecule has 0 spiro atoms. The van der Waals surface area contributed by atoms with Crippen LogP contribution in [-0.4, -0.2) is 24.0 Å². The standard InChI is InChI=1S/C16H15NO4/c1-10(18)12-5-3-4-6-13(12)17-14-9-11(16(19)20)7-8-15(14)21-2/h3-9,17H,1-2H3,(H,19,20). The predicted octanol–water partition coefficient (Wildman–Crippen LogP) is 3.34. The molecule has 5 nitrogen and oxygen atoms in total. The summed E-state index contributed by atoms with van der Waals surface area (Å²) in [4.78, 5) is 22.7. The van der Waals surface area contributed by atoms with E-state index in [1.54, 1.807) is 30.3 Å². The van der Waals surface area contributed by atoms with Gasteiger partial charge in [-0.3, -0.25) is 4.79 Å². The molecule has 0 saturated heterocycles. The van der Waals surface area contributed by atoms with E-state index in [4.69, 9.17) is 9.84 Å². The van der Waals surface area contributed by atoms with Crippen molar-refractivity contribution >= 4 is 23.1 Å². The van der Waals surface area contributed by atoms with Gasteiger partial charge in [0.05, 0.1) is 18.4 Å². The molecule has 0 aliphatic rings. The number of carbonyl (C=O) groups is 2. The van der Waals surface area contributed by atoms with Crippen molar-refractivity contribution < 1.29 is 19.4 Å². The summed E-state index contributed by atoms with van der Waals surface area (Å²) in [5.74, 6) is -0.606. The summed E-state index contributed by atoms with van der Waals surface area (Å²) in [7, 11) is 1.50. The summed E-state index contributed by atoms with van der Waals surface area (Å²) in [5, 5.41) is 12.1. The number of methoxy groups -OCH3 is 1. The Morgan fingerprint density at radius 2 is 1.81 bits per heavy atom. The van der Waals surface area contributed by atoms with Crippen LogP contribution in [0, 0.1) is 0 Å². The van der Waals surface area contributed by atoms with E-state index in [0.29, 0.717) is 22.7 Å². The number of aromatic carboxylic acids is 1. The van der Waals surface area contributed by atoms with Crippen molar-refractivity contribution in [1.29, 1.82) is 0 Å². The fourth-order valence-electron chi connectivity index (χ4n) is 1.98. The molecular formula is C16H15NO4. The van der Waals surface area contributed by atoms with Crippen LogP contribution in [0.25, 0.3) is 0 Å². The molecule has 2 rings (SSSR count). The summed E-state index contributed by atoms with van der Waals surface area (Å²) in [6.07, 6.45) is 0. The van der Waals surface area contributed by atoms with Crippen molar-refractivity contribution in [3.05, 3.63) is 53.6 Å². The fraction of sp³-hybridized carbons (Fsp3) is 0.125. The second-order valence-electron chi connectivity index (χ2n) is 4.45. The van der Waals surface area contributed by atoms with Gasteiger partial charge in [-0.25, -0.2) is 4.79 Å². The summed E-state index contributed by atoms with van der Waals surface area (Å²) in [6, 6.07) is 11.5. The summed E-state index contributed by atoms with van der Waals surface area (Å²) < 4.78 is 5.21. The molecule has 0 radical (unpaired) electrons. The van der Waals surface area contributed by atoms with Crippen molar-refractivity contribution in [2.75, 3.05) is 12.4 Å². The largest absolute Gasteiger partial charge is 0.495 e. The first-order valence-corrected chi connectivity index (χ1v) is 6.31. The number of carboxylic acid groups (broad SMARTS) is 1. The molecule has 0 saturated carbocycles. The smallest absolute Gasteiger partial charge is 0.335 e. The third kappa shape index (κ3) is 3.20. The topological polar surface area (TPSA) is 75.6 Å². The lowest BCUT2D eigenvalue weighted by atomic mass is 10.1. The SMILES string of the molecule is COc1ccc(C(=O)O)cc1Nc1ccccc1C(C)=O. The van der Waals surface area contributed by atoms with Crippen molar-refractivity contribution in [1.82, 2.24) is 0 Å². The minimum absolute atomic E-state index is 0.0774. The van der Waals surface area contributed by atoms with Crippen LogP contribution >= 0.6 is 0 Å². The zero-order valence-corrected chi connectivity index (χ0v) is 11.7. The maximum atomic E-state index is 11.6. The van der Waals surface area contributed by atoms with Crippen LogP contribution in [0.4, 0.5) is 11.4 Å². The van der Waals surface area contributed by atoms with E-state index in [-0.39, 0.29) is 11.3 Å². The highest BCUT2D eigenvalue weighted by Gasteiger charge is 2.12. The second kappa shape index (κ2) is 6.09. The Morgan fingerprint density at radius 3 is 2.43 bits per heavy atom. The van der Waals surface area contributed by atoms with Crippen molar-refractivity contribution in [2.45, 2.75) is 6.92 Å². The van der Waals surface area contributed by atoms with E-state index in [2.05, 4.69) is 5.32 Å². The van der Waals surface area contributed by atoms with E-state index >= 15 is 0 Å². The van der Waals surface area contributed by atoms with E-state index in [1.165, 1.54) is 26.2 Å². The minimum Gasteiger partial charge on any atom is -0.495 e. The zero-order valence-electron chi connectivity index (χ0n) is 11.7. The minimum atomic E-state index is -1.03. The molecule has 2 N–H and O–H groups in total. The van der Waals surface area contributed by atoms with Gasteiger partial charge in [0.15, 0.2) is 5.78 Å². The second-order valence-corrected chi connectivity index (χ2v) is 4.45. The number of carbonyl (C=O) groups excluding carboxylic acids is 1. The van der Waals surface area contributed by atoms with Crippen molar-refractivity contribution in [2.24, 2.45) is 0 Å². The number of ketones is 1. The van der Waals surface area contributed by atoms with E-state index in [1.807, 2.05) is 0 Å². The van der Waals surface area contributed by atoms with Gasteiger partial charge < -0.3 is 15.2 Å². The van der Waals surface area contributed by atoms with Crippen LogP contribution in [0.1, 0.15) is 27.6 Å². The van der Waals surface area contributed by atoms with Crippen LogP contribution in [0.5, 0.6) is 5.75 Å². The van der Waals surface area contributed by atoms with Gasteiger partial charge in [-0.05, 0) is 37.3 Å². The van der Waals surface area contributed by atoms with Crippen molar-refractivity contribution in [3.63, 3.8) is 0 Å². The van der Waals surface area contributed by atoms with Crippen LogP contribution in [0.3, 0.4) is 0 Å². The molecule has 0 aliphatic carbocycles. The molecule has 108 valence electrons. The quantitative estimate of drug-likeness (QED) is 0.824. The van der Waals surface area contributed by atoms with E-state index < -0.39 is 5.97 Å². The number of hydrogen-bond acceptors (Lipinski definition) is 4. The molecule has 0 fully saturated rings. The maximum Gasteiger partial charge on any atom is 0.335 e. The Balaban J connectivity index is 2.45. The number of hydrogen-bond donors (Lipinski definition) is 2. The Bertz CT molecular complexity index is 694. The van der Waals surface area contributed by atoms with Crippen LogP contribution in [0.15, 0.2) is 42.5 Å². The average molecular weight is 285 g/mol. The highest BCUT2D eigenvalue weighted by atomic mass is 16.5. The van der Waals surface area contributed by atoms with E-state index in [0.717, 1.165) is 0 Å². The lowest BCUT2D eigenvalue weighted by Crippen LogP contribution is -2.03. The lowest BCUT2D eigenvalue weighted by molar-refractivity contribution is 0.0696. The number of rotatable bonds is 5. The Labute approximate surface area is 122 Å². The van der Waals surface area contributed by atoms with Crippen LogP contribution in [-0.2, 0) is 0 Å². The zero-order chi connectivity index (χ0) is 15.4. The number of para-hydroxylation sites is 1. The monoisotopic (exact) mass is 285 g/mol. The van der Waals surface area contributed by atoms with Gasteiger partial charge in [0.25, 0.3) is 0 Å². The number of ether oxygens (including phenoxy) is 1. The molecule has 0 bridgehead atoms. The maximum absolute atomic E-state index is 11.6. The number of carboxylic acids is 1. The first kappa shape index (κ1) is 14.6. The fourth-order valence-corrected chi connectivity index (χ4v) is 1.98. The Morgan fingerprint density at radius 1 is 1.10 bits per heavy atom. The molecule has 2 aromatic carbocycles. The first-order valence-electron chi connectivity index (χ1n) is 6.31. The van der Waals surface area contributed by atoms with Gasteiger partial charge >= 0.3 is 5.97 Å². The molecule has 0 heterocycles. The molecule has 0 aliphatic heterocycles. The lowest BCUT2D eigenvalue weighted by Gasteiger charge is -2.14. The Hall–Kier alpha value is -2.82. The molecule has 21 heavy (non-hydrogen) atoms. The molecule has 2 aromatic rings. The summed E-state index contributed by atoms with van der Waals surface area (Å²) in [6.45, 7) is 1.48. The highest BCUT2D eigenvalue weighted by Crippen LogP contribution is 2.30. The summed E-state index contributed by atoms with van der Waals surface area (Å²) >= 11 is 0. The van der Waals surface area contributed by atoms with Crippen molar-refractivity contribution in [3.8, 4) is 5.75 Å². The van der Waals surface area contributed by atoms with Gasteiger partial charge in [-0.2, -0.15) is 0 Å². The van der Waals surface area contributed by atoms with Gasteiger partial charge in [-0.1, -0.05) is 12.1 Å². The molecule has 0 aromatic heterocycles. The number of benzene rings is 2. The first-order chi connectivity index (χ1) is 10.0. The van der Waals surface area contributed by atoms with Crippen LogP contribution < -0.4 is 10.1 Å².